The van der Waals surface area contributed by atoms with Crippen molar-refractivity contribution in [2.75, 3.05) is 11.9 Å². The zero-order valence-electron chi connectivity index (χ0n) is 17.0. The van der Waals surface area contributed by atoms with Crippen molar-refractivity contribution < 1.29 is 14.2 Å². The summed E-state index contributed by atoms with van der Waals surface area (Å²) in [5.41, 5.74) is 5.50. The molecule has 0 aliphatic carbocycles. The number of amides is 1. The maximum Gasteiger partial charge on any atom is 0.263 e. The Morgan fingerprint density at radius 1 is 1.10 bits per heavy atom. The summed E-state index contributed by atoms with van der Waals surface area (Å²) in [5, 5.41) is 11.3. The predicted molar refractivity (Wildman–Crippen MR) is 114 cm³/mol. The van der Waals surface area contributed by atoms with Crippen molar-refractivity contribution in [2.24, 2.45) is 0 Å². The van der Waals surface area contributed by atoms with Crippen LogP contribution in [0.1, 0.15) is 36.1 Å². The van der Waals surface area contributed by atoms with Crippen molar-refractivity contribution >= 4 is 23.3 Å². The molecule has 1 aromatic heterocycles. The second kappa shape index (κ2) is 9.09. The van der Waals surface area contributed by atoms with Crippen LogP contribution in [0.5, 0.6) is 5.75 Å². The number of nitrogens with one attached hydrogen (secondary N) is 1. The molecule has 2 aromatic carbocycles. The maximum atomic E-state index is 12.4. The fourth-order valence-electron chi connectivity index (χ4n) is 3.13. The molecular formula is C22H24ClN3O3. The lowest BCUT2D eigenvalue weighted by Gasteiger charge is -2.11. The zero-order chi connectivity index (χ0) is 21.0. The number of ether oxygens (including phenoxy) is 1. The van der Waals surface area contributed by atoms with Gasteiger partial charge in [-0.2, -0.15) is 0 Å². The van der Waals surface area contributed by atoms with Gasteiger partial charge in [-0.1, -0.05) is 37.6 Å². The van der Waals surface area contributed by atoms with Crippen LogP contribution in [0.2, 0.25) is 5.02 Å². The van der Waals surface area contributed by atoms with Crippen LogP contribution >= 0.6 is 11.6 Å². The molecule has 0 saturated heterocycles. The molecule has 0 aliphatic heterocycles. The standard InChI is InChI=1S/C22H24ClN3O3/c1-5-15-7-8-16(6-2)18(11-15)21-22(26-29-25-21)24-19(27)12-28-17-9-13(3)20(23)14(4)10-17/h7-11H,5-6,12H2,1-4H3,(H,24,26,27). The van der Waals surface area contributed by atoms with Crippen molar-refractivity contribution in [1.29, 1.82) is 0 Å². The van der Waals surface area contributed by atoms with Gasteiger partial charge < -0.3 is 10.1 Å². The highest BCUT2D eigenvalue weighted by Crippen LogP contribution is 2.30. The summed E-state index contributed by atoms with van der Waals surface area (Å²) in [6.45, 7) is 7.78. The van der Waals surface area contributed by atoms with Crippen LogP contribution in [0.15, 0.2) is 35.0 Å². The first kappa shape index (κ1) is 20.9. The van der Waals surface area contributed by atoms with Crippen LogP contribution < -0.4 is 10.1 Å². The van der Waals surface area contributed by atoms with E-state index in [2.05, 4.69) is 47.7 Å². The first-order chi connectivity index (χ1) is 13.9. The molecule has 0 spiro atoms. The van der Waals surface area contributed by atoms with Crippen LogP contribution in [0.4, 0.5) is 5.82 Å². The monoisotopic (exact) mass is 413 g/mol. The van der Waals surface area contributed by atoms with E-state index < -0.39 is 0 Å². The lowest BCUT2D eigenvalue weighted by molar-refractivity contribution is -0.118. The van der Waals surface area contributed by atoms with Crippen molar-refractivity contribution in [3.05, 3.63) is 57.6 Å². The number of nitrogens with zero attached hydrogens (tertiary/aromatic N) is 2. The Morgan fingerprint density at radius 3 is 2.48 bits per heavy atom. The molecule has 29 heavy (non-hydrogen) atoms. The minimum absolute atomic E-state index is 0.164. The second-order valence-corrected chi connectivity index (χ2v) is 7.25. The molecular weight excluding hydrogens is 390 g/mol. The lowest BCUT2D eigenvalue weighted by atomic mass is 9.98. The van der Waals surface area contributed by atoms with Crippen LogP contribution in [-0.4, -0.2) is 22.8 Å². The van der Waals surface area contributed by atoms with E-state index in [1.807, 2.05) is 13.8 Å². The smallest absolute Gasteiger partial charge is 0.263 e. The first-order valence-electron chi connectivity index (χ1n) is 9.57. The van der Waals surface area contributed by atoms with Crippen molar-refractivity contribution in [2.45, 2.75) is 40.5 Å². The zero-order valence-corrected chi connectivity index (χ0v) is 17.8. The predicted octanol–water partition coefficient (Wildman–Crippen LogP) is 5.15. The average molecular weight is 414 g/mol. The third kappa shape index (κ3) is 4.77. The number of halogens is 1. The topological polar surface area (TPSA) is 77.3 Å². The molecule has 1 amide bonds. The summed E-state index contributed by atoms with van der Waals surface area (Å²) in [4.78, 5) is 12.4. The number of benzene rings is 2. The van der Waals surface area contributed by atoms with Gasteiger partial charge in [0.25, 0.3) is 5.91 Å². The fraction of sp³-hybridized carbons (Fsp3) is 0.318. The van der Waals surface area contributed by atoms with Gasteiger partial charge in [0.2, 0.25) is 5.82 Å². The molecule has 0 fully saturated rings. The van der Waals surface area contributed by atoms with Crippen molar-refractivity contribution in [1.82, 2.24) is 10.3 Å². The van der Waals surface area contributed by atoms with Gasteiger partial charge in [0.05, 0.1) is 0 Å². The van der Waals surface area contributed by atoms with Gasteiger partial charge >= 0.3 is 0 Å². The molecule has 1 N–H and O–H groups in total. The minimum Gasteiger partial charge on any atom is -0.484 e. The molecule has 3 rings (SSSR count). The van der Waals surface area contributed by atoms with E-state index in [0.29, 0.717) is 16.5 Å². The van der Waals surface area contributed by atoms with E-state index in [1.54, 1.807) is 12.1 Å². The number of anilines is 1. The lowest BCUT2D eigenvalue weighted by Crippen LogP contribution is -2.21. The Bertz CT molecular complexity index is 1010. The van der Waals surface area contributed by atoms with Crippen molar-refractivity contribution in [3.8, 4) is 17.0 Å². The van der Waals surface area contributed by atoms with E-state index in [4.69, 9.17) is 21.0 Å². The second-order valence-electron chi connectivity index (χ2n) is 6.87. The van der Waals surface area contributed by atoms with Gasteiger partial charge in [-0.25, -0.2) is 4.63 Å². The van der Waals surface area contributed by atoms with E-state index in [1.165, 1.54) is 5.56 Å². The summed E-state index contributed by atoms with van der Waals surface area (Å²) in [6, 6.07) is 9.83. The number of aromatic nitrogens is 2. The molecule has 7 heteroatoms. The summed E-state index contributed by atoms with van der Waals surface area (Å²) in [6.07, 6.45) is 1.73. The largest absolute Gasteiger partial charge is 0.484 e. The van der Waals surface area contributed by atoms with E-state index in [0.717, 1.165) is 35.1 Å². The fourth-order valence-corrected chi connectivity index (χ4v) is 3.24. The van der Waals surface area contributed by atoms with E-state index >= 15 is 0 Å². The number of rotatable bonds is 7. The number of carbonyl (C=O) groups excluding carboxylic acids is 1. The van der Waals surface area contributed by atoms with Crippen molar-refractivity contribution in [3.63, 3.8) is 0 Å². The van der Waals surface area contributed by atoms with Gasteiger partial charge in [0.1, 0.15) is 5.75 Å². The van der Waals surface area contributed by atoms with Gasteiger partial charge in [0, 0.05) is 10.6 Å². The summed E-state index contributed by atoms with van der Waals surface area (Å²) in [5.74, 6) is 0.517. The van der Waals surface area contributed by atoms with Gasteiger partial charge in [0.15, 0.2) is 12.3 Å². The van der Waals surface area contributed by atoms with Gasteiger partial charge in [-0.05, 0) is 77.5 Å². The summed E-state index contributed by atoms with van der Waals surface area (Å²) in [7, 11) is 0. The molecule has 0 radical (unpaired) electrons. The normalized spacial score (nSPS) is 10.8. The highest BCUT2D eigenvalue weighted by Gasteiger charge is 2.18. The first-order valence-corrected chi connectivity index (χ1v) is 9.94. The molecule has 0 saturated carbocycles. The third-order valence-electron chi connectivity index (χ3n) is 4.74. The van der Waals surface area contributed by atoms with E-state index in [-0.39, 0.29) is 18.3 Å². The van der Waals surface area contributed by atoms with Crippen LogP contribution in [0.25, 0.3) is 11.3 Å². The molecule has 152 valence electrons. The highest BCUT2D eigenvalue weighted by molar-refractivity contribution is 6.32. The highest BCUT2D eigenvalue weighted by atomic mass is 35.5. The van der Waals surface area contributed by atoms with Crippen LogP contribution in [0, 0.1) is 13.8 Å². The number of carbonyl (C=O) groups is 1. The number of hydrogen-bond acceptors (Lipinski definition) is 5. The molecule has 3 aromatic rings. The molecule has 0 atom stereocenters. The molecule has 0 aliphatic rings. The van der Waals surface area contributed by atoms with Gasteiger partial charge in [-0.3, -0.25) is 4.79 Å². The maximum absolute atomic E-state index is 12.4. The number of aryl methyl sites for hydroxylation is 4. The van der Waals surface area contributed by atoms with Crippen LogP contribution in [0.3, 0.4) is 0 Å². The molecule has 1 heterocycles. The Hall–Kier alpha value is -2.86. The quantitative estimate of drug-likeness (QED) is 0.579. The Kier molecular flexibility index (Phi) is 6.54. The molecule has 6 nitrogen and oxygen atoms in total. The molecule has 0 unspecified atom stereocenters. The van der Waals surface area contributed by atoms with E-state index in [9.17, 15) is 4.79 Å². The Morgan fingerprint density at radius 2 is 1.83 bits per heavy atom. The van der Waals surface area contributed by atoms with Gasteiger partial charge in [-0.15, -0.1) is 0 Å². The Labute approximate surface area is 175 Å². The summed E-state index contributed by atoms with van der Waals surface area (Å²) >= 11 is 6.17. The number of hydrogen-bond donors (Lipinski definition) is 1. The summed E-state index contributed by atoms with van der Waals surface area (Å²) < 4.78 is 10.5. The minimum atomic E-state index is -0.350. The molecule has 0 bridgehead atoms. The average Bonchev–Trinajstić information content (AvgIpc) is 3.17. The SMILES string of the molecule is CCc1ccc(CC)c(-c2nonc2NC(=O)COc2cc(C)c(Cl)c(C)c2)c1. The van der Waals surface area contributed by atoms with Crippen LogP contribution in [-0.2, 0) is 17.6 Å². The third-order valence-corrected chi connectivity index (χ3v) is 5.34. The Balaban J connectivity index is 1.74.